The van der Waals surface area contributed by atoms with Crippen LogP contribution in [0.25, 0.3) is 0 Å². The summed E-state index contributed by atoms with van der Waals surface area (Å²) in [6.07, 6.45) is 6.19. The van der Waals surface area contributed by atoms with Crippen molar-refractivity contribution >= 4 is 15.0 Å². The fourth-order valence-corrected chi connectivity index (χ4v) is 3.62. The molecule has 1 aliphatic heterocycles. The van der Waals surface area contributed by atoms with E-state index in [1.165, 1.54) is 24.7 Å². The van der Waals surface area contributed by atoms with Crippen LogP contribution in [0.3, 0.4) is 0 Å². The lowest BCUT2D eigenvalue weighted by molar-refractivity contribution is -0.0725. The van der Waals surface area contributed by atoms with Crippen LogP contribution in [0.1, 0.15) is 26.2 Å². The van der Waals surface area contributed by atoms with E-state index in [9.17, 15) is 0 Å². The van der Waals surface area contributed by atoms with Crippen molar-refractivity contribution in [2.75, 3.05) is 0 Å². The molecular formula is C12H20B2O2. The quantitative estimate of drug-likeness (QED) is 0.529. The van der Waals surface area contributed by atoms with Gasteiger partial charge in [-0.1, -0.05) is 24.9 Å². The summed E-state index contributed by atoms with van der Waals surface area (Å²) >= 11 is 0. The summed E-state index contributed by atoms with van der Waals surface area (Å²) in [6.45, 7) is 6.43. The van der Waals surface area contributed by atoms with Crippen molar-refractivity contribution in [1.29, 1.82) is 0 Å². The highest BCUT2D eigenvalue weighted by Gasteiger charge is 2.61. The van der Waals surface area contributed by atoms with Crippen LogP contribution in [0, 0.1) is 11.8 Å². The van der Waals surface area contributed by atoms with Crippen molar-refractivity contribution < 1.29 is 9.31 Å². The Labute approximate surface area is 99.3 Å². The fraction of sp³-hybridized carbons (Fsp3) is 0.833. The largest absolute Gasteiger partial charge is 0.457 e. The smallest absolute Gasteiger partial charge is 0.405 e. The summed E-state index contributed by atoms with van der Waals surface area (Å²) in [5, 5.41) is 0. The van der Waals surface area contributed by atoms with Crippen molar-refractivity contribution in [3.63, 3.8) is 0 Å². The highest BCUT2D eigenvalue weighted by molar-refractivity contribution is 6.45. The van der Waals surface area contributed by atoms with Crippen molar-refractivity contribution in [3.8, 4) is 0 Å². The molecular weight excluding hydrogens is 198 g/mol. The second kappa shape index (κ2) is 3.64. The molecule has 0 aromatic carbocycles. The molecule has 0 aromatic rings. The van der Waals surface area contributed by atoms with Gasteiger partial charge in [0.25, 0.3) is 0 Å². The predicted octanol–water partition coefficient (Wildman–Crippen LogP) is 1.69. The first-order chi connectivity index (χ1) is 7.65. The third-order valence-electron chi connectivity index (χ3n) is 4.82. The molecule has 0 N–H and O–H groups in total. The van der Waals surface area contributed by atoms with Crippen molar-refractivity contribution in [3.05, 3.63) is 12.2 Å². The summed E-state index contributed by atoms with van der Waals surface area (Å²) < 4.78 is 12.2. The van der Waals surface area contributed by atoms with Crippen LogP contribution in [0.2, 0.25) is 12.6 Å². The van der Waals surface area contributed by atoms with Gasteiger partial charge in [-0.2, -0.15) is 0 Å². The van der Waals surface area contributed by atoms with E-state index in [2.05, 4.69) is 21.3 Å². The summed E-state index contributed by atoms with van der Waals surface area (Å²) in [7, 11) is 2.25. The van der Waals surface area contributed by atoms with Gasteiger partial charge in [0, 0.05) is 5.92 Å². The van der Waals surface area contributed by atoms with E-state index in [0.717, 1.165) is 18.7 Å². The fourth-order valence-electron chi connectivity index (χ4n) is 3.62. The third-order valence-corrected chi connectivity index (χ3v) is 4.82. The maximum atomic E-state index is 6.19. The lowest BCUT2D eigenvalue weighted by Gasteiger charge is -2.55. The Hall–Kier alpha value is -0.210. The van der Waals surface area contributed by atoms with Crippen LogP contribution >= 0.6 is 0 Å². The molecule has 0 spiro atoms. The molecule has 0 amide bonds. The second-order valence-corrected chi connectivity index (χ2v) is 5.79. The highest BCUT2D eigenvalue weighted by Crippen LogP contribution is 2.58. The highest BCUT2D eigenvalue weighted by atomic mass is 16.7. The first-order valence-electron chi connectivity index (χ1n) is 6.67. The molecule has 4 rings (SSSR count). The molecule has 86 valence electrons. The second-order valence-electron chi connectivity index (χ2n) is 5.79. The summed E-state index contributed by atoms with van der Waals surface area (Å²) in [6, 6.07) is 0. The van der Waals surface area contributed by atoms with E-state index in [0.29, 0.717) is 12.0 Å². The summed E-state index contributed by atoms with van der Waals surface area (Å²) in [5.41, 5.74) is 1.35. The average Bonchev–Trinajstić information content (AvgIpc) is 2.61. The van der Waals surface area contributed by atoms with Crippen molar-refractivity contribution in [2.45, 2.75) is 50.5 Å². The van der Waals surface area contributed by atoms with Gasteiger partial charge < -0.3 is 9.31 Å². The molecule has 3 aliphatic carbocycles. The van der Waals surface area contributed by atoms with Gasteiger partial charge in [0.2, 0.25) is 0 Å². The minimum atomic E-state index is -0.0652. The molecule has 1 heterocycles. The van der Waals surface area contributed by atoms with Gasteiger partial charge in [-0.05, 0) is 32.0 Å². The monoisotopic (exact) mass is 218 g/mol. The van der Waals surface area contributed by atoms with Crippen molar-refractivity contribution in [1.82, 2.24) is 0 Å². The van der Waals surface area contributed by atoms with Gasteiger partial charge in [-0.15, -0.1) is 0 Å². The minimum absolute atomic E-state index is 0.0436. The average molecular weight is 218 g/mol. The molecule has 2 nitrogen and oxygen atoms in total. The molecule has 1 saturated heterocycles. The minimum Gasteiger partial charge on any atom is -0.405 e. The lowest BCUT2D eigenvalue weighted by Crippen LogP contribution is -2.57. The number of hydrogen-bond donors (Lipinski definition) is 0. The van der Waals surface area contributed by atoms with E-state index in [-0.39, 0.29) is 12.7 Å². The molecule has 3 saturated carbocycles. The Kier molecular flexibility index (Phi) is 2.48. The molecule has 16 heavy (non-hydrogen) atoms. The molecule has 0 aromatic heterocycles. The SMILES string of the molecule is BCCCB1OC2C[C@@H]3C[C@@H](C3=C)[C@]2(C)O1. The molecule has 4 heteroatoms. The maximum Gasteiger partial charge on any atom is 0.457 e. The number of rotatable bonds is 3. The zero-order valence-electron chi connectivity index (χ0n) is 10.4. The number of hydrogen-bond acceptors (Lipinski definition) is 2. The summed E-state index contributed by atoms with van der Waals surface area (Å²) in [4.78, 5) is 0. The molecule has 4 atom stereocenters. The van der Waals surface area contributed by atoms with Gasteiger partial charge in [0.05, 0.1) is 11.7 Å². The molecule has 2 bridgehead atoms. The van der Waals surface area contributed by atoms with E-state index >= 15 is 0 Å². The third kappa shape index (κ3) is 1.36. The normalized spacial score (nSPS) is 45.4. The molecule has 4 aliphatic rings. The van der Waals surface area contributed by atoms with Crippen LogP contribution in [-0.2, 0) is 9.31 Å². The van der Waals surface area contributed by atoms with Gasteiger partial charge in [-0.25, -0.2) is 0 Å². The van der Waals surface area contributed by atoms with E-state index in [4.69, 9.17) is 9.31 Å². The Bertz CT molecular complexity index is 320. The van der Waals surface area contributed by atoms with Crippen molar-refractivity contribution in [2.24, 2.45) is 11.8 Å². The van der Waals surface area contributed by atoms with Crippen LogP contribution in [0.15, 0.2) is 12.2 Å². The zero-order chi connectivity index (χ0) is 11.3. The molecule has 0 radical (unpaired) electrons. The molecule has 4 fully saturated rings. The Morgan fingerprint density at radius 1 is 1.56 bits per heavy atom. The standard InChI is InChI=1S/C12H20B2O2/c1-8-9-6-10(8)12(2)11(7-9)15-14(16-12)5-3-4-13/h9-11H,1,3-7,13H2,2H3/t9-,10-,11?,12-/m0/s1. The van der Waals surface area contributed by atoms with E-state index < -0.39 is 0 Å². The Morgan fingerprint density at radius 3 is 3.06 bits per heavy atom. The maximum absolute atomic E-state index is 6.19. The Morgan fingerprint density at radius 2 is 2.38 bits per heavy atom. The van der Waals surface area contributed by atoms with Crippen LogP contribution in [0.4, 0.5) is 0 Å². The first-order valence-corrected chi connectivity index (χ1v) is 6.67. The Balaban J connectivity index is 1.71. The topological polar surface area (TPSA) is 18.5 Å². The van der Waals surface area contributed by atoms with Gasteiger partial charge in [0.1, 0.15) is 7.85 Å². The zero-order valence-corrected chi connectivity index (χ0v) is 10.4. The van der Waals surface area contributed by atoms with Gasteiger partial charge in [0.15, 0.2) is 0 Å². The lowest BCUT2D eigenvalue weighted by atomic mass is 9.54. The summed E-state index contributed by atoms with van der Waals surface area (Å²) in [5.74, 6) is 1.28. The first kappa shape index (κ1) is 10.9. The van der Waals surface area contributed by atoms with Crippen LogP contribution in [0.5, 0.6) is 0 Å². The van der Waals surface area contributed by atoms with E-state index in [1.54, 1.807) is 0 Å². The predicted molar refractivity (Wildman–Crippen MR) is 68.2 cm³/mol. The van der Waals surface area contributed by atoms with Crippen LogP contribution in [-0.4, -0.2) is 26.7 Å². The van der Waals surface area contributed by atoms with Gasteiger partial charge >= 0.3 is 7.12 Å². The molecule has 1 unspecified atom stereocenters. The van der Waals surface area contributed by atoms with Crippen LogP contribution < -0.4 is 0 Å². The van der Waals surface area contributed by atoms with Gasteiger partial charge in [-0.3, -0.25) is 0 Å². The van der Waals surface area contributed by atoms with E-state index in [1.807, 2.05) is 0 Å².